The molecule has 104 valence electrons. The van der Waals surface area contributed by atoms with Gasteiger partial charge in [-0.15, -0.1) is 0 Å². The van der Waals surface area contributed by atoms with Gasteiger partial charge in [0, 0.05) is 12.0 Å². The molecule has 0 aliphatic rings. The number of benzene rings is 1. The number of hydrazine groups is 1. The number of rotatable bonds is 4. The molecule has 0 saturated carbocycles. The molecule has 19 heavy (non-hydrogen) atoms. The van der Waals surface area contributed by atoms with E-state index in [0.717, 1.165) is 17.5 Å². The van der Waals surface area contributed by atoms with E-state index in [4.69, 9.17) is 0 Å². The Labute approximate surface area is 114 Å². The molecule has 4 nitrogen and oxygen atoms in total. The quantitative estimate of drug-likeness (QED) is 0.819. The Balaban J connectivity index is 2.49. The number of hydrogen-bond acceptors (Lipinski definition) is 2. The summed E-state index contributed by atoms with van der Waals surface area (Å²) in [5, 5.41) is 0. The van der Waals surface area contributed by atoms with E-state index in [1.165, 1.54) is 0 Å². The second-order valence-electron chi connectivity index (χ2n) is 5.25. The zero-order chi connectivity index (χ0) is 14.4. The maximum atomic E-state index is 11.9. The SMILES string of the molecule is Cc1ccc(C(=O)NNC(=O)CCC(C)C)c(C)c1. The number of aryl methyl sites for hydroxylation is 2. The van der Waals surface area contributed by atoms with Crippen LogP contribution in [0.25, 0.3) is 0 Å². The summed E-state index contributed by atoms with van der Waals surface area (Å²) in [5.41, 5.74) is 7.47. The summed E-state index contributed by atoms with van der Waals surface area (Å²) < 4.78 is 0. The smallest absolute Gasteiger partial charge is 0.269 e. The van der Waals surface area contributed by atoms with Gasteiger partial charge in [-0.25, -0.2) is 0 Å². The van der Waals surface area contributed by atoms with Crippen LogP contribution in [0.5, 0.6) is 0 Å². The molecular formula is C15H22N2O2. The zero-order valence-electron chi connectivity index (χ0n) is 12.0. The first-order chi connectivity index (χ1) is 8.90. The minimum atomic E-state index is -0.282. The standard InChI is InChI=1S/C15H22N2O2/c1-10(2)5-8-14(18)16-17-15(19)13-7-6-11(3)9-12(13)4/h6-7,9-10H,5,8H2,1-4H3,(H,16,18)(H,17,19). The zero-order valence-corrected chi connectivity index (χ0v) is 12.0. The highest BCUT2D eigenvalue weighted by Crippen LogP contribution is 2.10. The van der Waals surface area contributed by atoms with Crippen molar-refractivity contribution in [3.63, 3.8) is 0 Å². The molecular weight excluding hydrogens is 240 g/mol. The van der Waals surface area contributed by atoms with Crippen molar-refractivity contribution < 1.29 is 9.59 Å². The summed E-state index contributed by atoms with van der Waals surface area (Å²) in [7, 11) is 0. The van der Waals surface area contributed by atoms with Gasteiger partial charge in [0.05, 0.1) is 0 Å². The van der Waals surface area contributed by atoms with Crippen molar-refractivity contribution in [2.75, 3.05) is 0 Å². The van der Waals surface area contributed by atoms with Crippen LogP contribution < -0.4 is 10.9 Å². The van der Waals surface area contributed by atoms with Crippen LogP contribution in [0.4, 0.5) is 0 Å². The molecule has 0 spiro atoms. The molecule has 2 amide bonds. The van der Waals surface area contributed by atoms with Crippen LogP contribution in [0.15, 0.2) is 18.2 Å². The lowest BCUT2D eigenvalue weighted by atomic mass is 10.1. The van der Waals surface area contributed by atoms with E-state index in [0.29, 0.717) is 17.9 Å². The molecule has 0 aliphatic carbocycles. The molecule has 0 saturated heterocycles. The Bertz CT molecular complexity index is 467. The van der Waals surface area contributed by atoms with Crippen molar-refractivity contribution in [3.8, 4) is 0 Å². The van der Waals surface area contributed by atoms with Gasteiger partial charge in [0.1, 0.15) is 0 Å². The summed E-state index contributed by atoms with van der Waals surface area (Å²) >= 11 is 0. The van der Waals surface area contributed by atoms with E-state index in [2.05, 4.69) is 24.7 Å². The minimum absolute atomic E-state index is 0.160. The van der Waals surface area contributed by atoms with E-state index >= 15 is 0 Å². The molecule has 0 aliphatic heterocycles. The highest BCUT2D eigenvalue weighted by molar-refractivity contribution is 5.96. The summed E-state index contributed by atoms with van der Waals surface area (Å²) in [4.78, 5) is 23.4. The van der Waals surface area contributed by atoms with Gasteiger partial charge in [-0.3, -0.25) is 20.4 Å². The van der Waals surface area contributed by atoms with Gasteiger partial charge in [0.15, 0.2) is 0 Å². The van der Waals surface area contributed by atoms with Gasteiger partial charge in [-0.1, -0.05) is 31.5 Å². The first-order valence-corrected chi connectivity index (χ1v) is 6.56. The Morgan fingerprint density at radius 3 is 2.42 bits per heavy atom. The average Bonchev–Trinajstić information content (AvgIpc) is 2.33. The molecule has 1 aromatic rings. The number of hydrogen-bond donors (Lipinski definition) is 2. The third-order valence-electron chi connectivity index (χ3n) is 2.89. The number of amides is 2. The summed E-state index contributed by atoms with van der Waals surface area (Å²) in [6.45, 7) is 7.97. The molecule has 0 unspecified atom stereocenters. The van der Waals surface area contributed by atoms with Crippen LogP contribution in [0, 0.1) is 19.8 Å². The van der Waals surface area contributed by atoms with Crippen LogP contribution in [0.1, 0.15) is 48.2 Å². The maximum Gasteiger partial charge on any atom is 0.269 e. The van der Waals surface area contributed by atoms with Crippen molar-refractivity contribution in [1.82, 2.24) is 10.9 Å². The van der Waals surface area contributed by atoms with E-state index in [1.807, 2.05) is 26.0 Å². The van der Waals surface area contributed by atoms with E-state index in [9.17, 15) is 9.59 Å². The molecule has 0 heterocycles. The lowest BCUT2D eigenvalue weighted by molar-refractivity contribution is -0.122. The van der Waals surface area contributed by atoms with E-state index < -0.39 is 0 Å². The Morgan fingerprint density at radius 1 is 1.16 bits per heavy atom. The average molecular weight is 262 g/mol. The minimum Gasteiger partial charge on any atom is -0.273 e. The number of carbonyl (C=O) groups excluding carboxylic acids is 2. The van der Waals surface area contributed by atoms with Gasteiger partial charge in [0.25, 0.3) is 5.91 Å². The van der Waals surface area contributed by atoms with Gasteiger partial charge in [-0.2, -0.15) is 0 Å². The van der Waals surface area contributed by atoms with Gasteiger partial charge in [-0.05, 0) is 37.8 Å². The van der Waals surface area contributed by atoms with Crippen LogP contribution in [-0.4, -0.2) is 11.8 Å². The lowest BCUT2D eigenvalue weighted by Crippen LogP contribution is -2.41. The molecule has 1 aromatic carbocycles. The van der Waals surface area contributed by atoms with Gasteiger partial charge >= 0.3 is 0 Å². The monoisotopic (exact) mass is 262 g/mol. The molecule has 0 atom stereocenters. The van der Waals surface area contributed by atoms with E-state index in [-0.39, 0.29) is 11.8 Å². The van der Waals surface area contributed by atoms with Crippen LogP contribution in [0.2, 0.25) is 0 Å². The lowest BCUT2D eigenvalue weighted by Gasteiger charge is -2.10. The predicted molar refractivity (Wildman–Crippen MR) is 75.6 cm³/mol. The summed E-state index contributed by atoms with van der Waals surface area (Å²) in [5.74, 6) is 0.0306. The van der Waals surface area contributed by atoms with Crippen LogP contribution in [0.3, 0.4) is 0 Å². The van der Waals surface area contributed by atoms with Crippen LogP contribution in [-0.2, 0) is 4.79 Å². The number of carbonyl (C=O) groups is 2. The van der Waals surface area contributed by atoms with Crippen molar-refractivity contribution in [2.24, 2.45) is 5.92 Å². The second-order valence-corrected chi connectivity index (χ2v) is 5.25. The topological polar surface area (TPSA) is 58.2 Å². The van der Waals surface area contributed by atoms with Crippen molar-refractivity contribution in [2.45, 2.75) is 40.5 Å². The fourth-order valence-corrected chi connectivity index (χ4v) is 1.74. The van der Waals surface area contributed by atoms with Gasteiger partial charge in [0.2, 0.25) is 5.91 Å². The third kappa shape index (κ3) is 5.12. The summed E-state index contributed by atoms with van der Waals surface area (Å²) in [6.07, 6.45) is 1.23. The highest BCUT2D eigenvalue weighted by atomic mass is 16.2. The third-order valence-corrected chi connectivity index (χ3v) is 2.89. The largest absolute Gasteiger partial charge is 0.273 e. The fourth-order valence-electron chi connectivity index (χ4n) is 1.74. The second kappa shape index (κ2) is 6.92. The van der Waals surface area contributed by atoms with Crippen LogP contribution >= 0.6 is 0 Å². The molecule has 2 N–H and O–H groups in total. The van der Waals surface area contributed by atoms with E-state index in [1.54, 1.807) is 6.07 Å². The molecule has 0 radical (unpaired) electrons. The first-order valence-electron chi connectivity index (χ1n) is 6.56. The van der Waals surface area contributed by atoms with Gasteiger partial charge < -0.3 is 0 Å². The molecule has 0 fully saturated rings. The predicted octanol–water partition coefficient (Wildman–Crippen LogP) is 2.50. The maximum absolute atomic E-state index is 11.9. The molecule has 4 heteroatoms. The summed E-state index contributed by atoms with van der Waals surface area (Å²) in [6, 6.07) is 5.58. The highest BCUT2D eigenvalue weighted by Gasteiger charge is 2.10. The normalized spacial score (nSPS) is 10.4. The molecule has 1 rings (SSSR count). The Morgan fingerprint density at radius 2 is 1.84 bits per heavy atom. The Hall–Kier alpha value is -1.84. The van der Waals surface area contributed by atoms with Crippen molar-refractivity contribution >= 4 is 11.8 Å². The van der Waals surface area contributed by atoms with Crippen molar-refractivity contribution in [3.05, 3.63) is 34.9 Å². The fraction of sp³-hybridized carbons (Fsp3) is 0.467. The Kier molecular flexibility index (Phi) is 5.55. The first kappa shape index (κ1) is 15.2. The molecule has 0 bridgehead atoms. The number of nitrogens with one attached hydrogen (secondary N) is 2. The van der Waals surface area contributed by atoms with Crippen molar-refractivity contribution in [1.29, 1.82) is 0 Å². The molecule has 0 aromatic heterocycles.